The Labute approximate surface area is 195 Å². The molecule has 2 aromatic rings. The number of carbonyl (C=O) groups is 1. The number of hydrazone groups is 1. The summed E-state index contributed by atoms with van der Waals surface area (Å²) in [5.41, 5.74) is -0.439. The lowest BCUT2D eigenvalue weighted by Gasteiger charge is -2.14. The van der Waals surface area contributed by atoms with Crippen molar-refractivity contribution in [3.8, 4) is 0 Å². The summed E-state index contributed by atoms with van der Waals surface area (Å²) in [5, 5.41) is 8.97. The predicted octanol–water partition coefficient (Wildman–Crippen LogP) is 5.58. The first kappa shape index (κ1) is 24.1. The number of amides is 1. The van der Waals surface area contributed by atoms with Crippen LogP contribution in [0.4, 0.5) is 19.0 Å². The normalized spacial score (nSPS) is 16.6. The molecule has 32 heavy (non-hydrogen) atoms. The molecule has 0 fully saturated rings. The Hall–Kier alpha value is -2.56. The van der Waals surface area contributed by atoms with Gasteiger partial charge in [0.1, 0.15) is 6.61 Å². The number of benzene rings is 1. The summed E-state index contributed by atoms with van der Waals surface area (Å²) in [5.74, 6) is -2.07. The van der Waals surface area contributed by atoms with E-state index in [0.29, 0.717) is 27.9 Å². The van der Waals surface area contributed by atoms with Crippen LogP contribution in [0.2, 0.25) is 15.1 Å². The van der Waals surface area contributed by atoms with Gasteiger partial charge in [0.05, 0.1) is 23.4 Å². The van der Waals surface area contributed by atoms with E-state index in [4.69, 9.17) is 44.4 Å². The van der Waals surface area contributed by atoms with Crippen LogP contribution in [0.5, 0.6) is 0 Å². The molecule has 1 aromatic heterocycles. The number of rotatable bonds is 6. The van der Waals surface area contributed by atoms with Crippen molar-refractivity contribution in [3.05, 3.63) is 56.7 Å². The van der Waals surface area contributed by atoms with E-state index in [-0.39, 0.29) is 24.9 Å². The van der Waals surface area contributed by atoms with Gasteiger partial charge < -0.3 is 9.57 Å². The quantitative estimate of drug-likeness (QED) is 0.376. The maximum absolute atomic E-state index is 12.8. The molecular formula is C19H14Cl3F3N4O3. The molecule has 1 atom stereocenters. The van der Waals surface area contributed by atoms with Gasteiger partial charge >= 0.3 is 6.18 Å². The molecule has 1 aliphatic rings. The van der Waals surface area contributed by atoms with Crippen molar-refractivity contribution in [1.29, 1.82) is 0 Å². The van der Waals surface area contributed by atoms with Gasteiger partial charge in [-0.2, -0.15) is 18.2 Å². The van der Waals surface area contributed by atoms with Gasteiger partial charge in [0.25, 0.3) is 5.91 Å². The molecule has 0 radical (unpaired) electrons. The van der Waals surface area contributed by atoms with Crippen molar-refractivity contribution in [2.45, 2.75) is 19.7 Å². The van der Waals surface area contributed by atoms with E-state index in [1.54, 1.807) is 25.1 Å². The van der Waals surface area contributed by atoms with Crippen molar-refractivity contribution in [2.75, 3.05) is 11.6 Å². The first-order valence-electron chi connectivity index (χ1n) is 8.99. The van der Waals surface area contributed by atoms with Gasteiger partial charge in [0, 0.05) is 21.8 Å². The molecule has 0 unspecified atom stereocenters. The van der Waals surface area contributed by atoms with E-state index < -0.39 is 28.6 Å². The summed E-state index contributed by atoms with van der Waals surface area (Å²) in [4.78, 5) is 21.6. The molecule has 13 heteroatoms. The van der Waals surface area contributed by atoms with E-state index in [1.807, 2.05) is 0 Å². The Morgan fingerprint density at radius 2 is 1.97 bits per heavy atom. The number of nitrogens with zero attached hydrogens (tertiary/aromatic N) is 4. The molecule has 0 N–H and O–H groups in total. The smallest absolute Gasteiger partial charge is 0.417 e. The van der Waals surface area contributed by atoms with Crippen LogP contribution in [0, 0.1) is 5.92 Å². The molecule has 0 saturated heterocycles. The van der Waals surface area contributed by atoms with Gasteiger partial charge in [-0.1, -0.05) is 46.0 Å². The van der Waals surface area contributed by atoms with Gasteiger partial charge in [-0.3, -0.25) is 4.79 Å². The molecule has 1 aromatic carbocycles. The average Bonchev–Trinajstić information content (AvgIpc) is 3.01. The standard InChI is InChI=1S/C19H14Cl3F3N4O3/c1-2-31-17-13(8-27-32-9-10-3-4-12(20)6-14(10)21)18(30)29(28-17)16-15(22)5-11(7-26-16)19(23,24)25/h3-8,13H,2,9H2,1H3/b27-8-/t13-/m1/s1. The zero-order chi connectivity index (χ0) is 23.5. The Kier molecular flexibility index (Phi) is 7.47. The van der Waals surface area contributed by atoms with Crippen LogP contribution in [0.25, 0.3) is 0 Å². The van der Waals surface area contributed by atoms with E-state index >= 15 is 0 Å². The van der Waals surface area contributed by atoms with Crippen molar-refractivity contribution < 1.29 is 27.5 Å². The number of anilines is 1. The number of halogens is 6. The van der Waals surface area contributed by atoms with Crippen LogP contribution in [-0.4, -0.2) is 29.6 Å². The monoisotopic (exact) mass is 508 g/mol. The molecular weight excluding hydrogens is 496 g/mol. The highest BCUT2D eigenvalue weighted by molar-refractivity contribution is 6.35. The number of hydrogen-bond acceptors (Lipinski definition) is 6. The summed E-state index contributed by atoms with van der Waals surface area (Å²) >= 11 is 17.8. The van der Waals surface area contributed by atoms with Crippen molar-refractivity contribution in [3.63, 3.8) is 0 Å². The SMILES string of the molecule is CCOC1=NN(c2ncc(C(F)(F)F)cc2Cl)C(=O)[C@@H]1/C=N\OCc1ccc(Cl)cc1Cl. The maximum atomic E-state index is 12.8. The van der Waals surface area contributed by atoms with Gasteiger partial charge in [-0.25, -0.2) is 4.98 Å². The Morgan fingerprint density at radius 3 is 2.59 bits per heavy atom. The van der Waals surface area contributed by atoms with Gasteiger partial charge in [-0.15, -0.1) is 5.10 Å². The minimum absolute atomic E-state index is 0.00449. The summed E-state index contributed by atoms with van der Waals surface area (Å²) in [7, 11) is 0. The highest BCUT2D eigenvalue weighted by atomic mass is 35.5. The maximum Gasteiger partial charge on any atom is 0.417 e. The summed E-state index contributed by atoms with van der Waals surface area (Å²) in [6.45, 7) is 1.86. The lowest BCUT2D eigenvalue weighted by atomic mass is 10.1. The Bertz CT molecular complexity index is 1080. The van der Waals surface area contributed by atoms with Crippen molar-refractivity contribution in [2.24, 2.45) is 16.2 Å². The lowest BCUT2D eigenvalue weighted by Crippen LogP contribution is -2.30. The molecule has 1 aliphatic heterocycles. The molecule has 0 spiro atoms. The minimum atomic E-state index is -4.64. The molecule has 3 rings (SSSR count). The Balaban J connectivity index is 1.76. The van der Waals surface area contributed by atoms with E-state index in [0.717, 1.165) is 11.2 Å². The largest absolute Gasteiger partial charge is 0.479 e. The zero-order valence-electron chi connectivity index (χ0n) is 16.2. The third-order valence-corrected chi connectivity index (χ3v) is 4.97. The van der Waals surface area contributed by atoms with Gasteiger partial charge in [0.2, 0.25) is 5.90 Å². The van der Waals surface area contributed by atoms with Crippen LogP contribution in [0.1, 0.15) is 18.1 Å². The number of pyridine rings is 1. The topological polar surface area (TPSA) is 76.4 Å². The van der Waals surface area contributed by atoms with Crippen LogP contribution in [-0.2, 0) is 27.2 Å². The van der Waals surface area contributed by atoms with Crippen molar-refractivity contribution in [1.82, 2.24) is 4.98 Å². The highest BCUT2D eigenvalue weighted by Gasteiger charge is 2.40. The number of aromatic nitrogens is 1. The second-order valence-electron chi connectivity index (χ2n) is 6.29. The first-order chi connectivity index (χ1) is 15.1. The number of hydrogen-bond donors (Lipinski definition) is 0. The number of ether oxygens (including phenoxy) is 1. The van der Waals surface area contributed by atoms with E-state index in [9.17, 15) is 18.0 Å². The molecule has 0 aliphatic carbocycles. The second-order valence-corrected chi connectivity index (χ2v) is 7.54. The molecule has 2 heterocycles. The van der Waals surface area contributed by atoms with Gasteiger partial charge in [0.15, 0.2) is 11.7 Å². The number of carbonyl (C=O) groups excluding carboxylic acids is 1. The summed E-state index contributed by atoms with van der Waals surface area (Å²) in [6.07, 6.45) is -2.92. The van der Waals surface area contributed by atoms with E-state index in [2.05, 4.69) is 15.2 Å². The van der Waals surface area contributed by atoms with Crippen LogP contribution in [0.3, 0.4) is 0 Å². The van der Waals surface area contributed by atoms with Gasteiger partial charge in [-0.05, 0) is 25.1 Å². The highest BCUT2D eigenvalue weighted by Crippen LogP contribution is 2.35. The van der Waals surface area contributed by atoms with Crippen LogP contribution in [0.15, 0.2) is 40.7 Å². The minimum Gasteiger partial charge on any atom is -0.479 e. The average molecular weight is 510 g/mol. The third-order valence-electron chi connectivity index (χ3n) is 4.10. The predicted molar refractivity (Wildman–Crippen MR) is 114 cm³/mol. The second kappa shape index (κ2) is 9.93. The Morgan fingerprint density at radius 1 is 1.22 bits per heavy atom. The number of oxime groups is 1. The van der Waals surface area contributed by atoms with Crippen molar-refractivity contribution >= 4 is 58.6 Å². The lowest BCUT2D eigenvalue weighted by molar-refractivity contribution is -0.137. The van der Waals surface area contributed by atoms with E-state index in [1.165, 1.54) is 0 Å². The fourth-order valence-electron chi connectivity index (χ4n) is 2.58. The molecule has 0 bridgehead atoms. The third kappa shape index (κ3) is 5.43. The van der Waals surface area contributed by atoms with Crippen LogP contribution < -0.4 is 5.01 Å². The fraction of sp³-hybridized carbons (Fsp3) is 0.263. The molecule has 170 valence electrons. The fourth-order valence-corrected chi connectivity index (χ4v) is 3.29. The molecule has 1 amide bonds. The first-order valence-corrected chi connectivity index (χ1v) is 10.1. The summed E-state index contributed by atoms with van der Waals surface area (Å²) < 4.78 is 43.9. The van der Waals surface area contributed by atoms with Crippen LogP contribution >= 0.6 is 34.8 Å². The molecule has 0 saturated carbocycles. The summed E-state index contributed by atoms with van der Waals surface area (Å²) in [6, 6.07) is 5.50. The number of alkyl halides is 3. The molecule has 7 nitrogen and oxygen atoms in total. The zero-order valence-corrected chi connectivity index (χ0v) is 18.5.